The summed E-state index contributed by atoms with van der Waals surface area (Å²) in [5.74, 6) is -0.981. The first-order chi connectivity index (χ1) is 11.9. The van der Waals surface area contributed by atoms with E-state index in [1.807, 2.05) is 32.0 Å². The average molecular weight is 344 g/mol. The second kappa shape index (κ2) is 8.28. The predicted octanol–water partition coefficient (Wildman–Crippen LogP) is 2.96. The zero-order valence-corrected chi connectivity index (χ0v) is 14.4. The van der Waals surface area contributed by atoms with Gasteiger partial charge >= 0.3 is 0 Å². The van der Waals surface area contributed by atoms with Crippen LogP contribution < -0.4 is 15.4 Å². The molecule has 0 fully saturated rings. The van der Waals surface area contributed by atoms with E-state index < -0.39 is 17.8 Å². The third-order valence-electron chi connectivity index (χ3n) is 3.65. The Morgan fingerprint density at radius 3 is 2.40 bits per heavy atom. The Morgan fingerprint density at radius 1 is 1.12 bits per heavy atom. The smallest absolute Gasteiger partial charge is 0.261 e. The van der Waals surface area contributed by atoms with Gasteiger partial charge in [-0.1, -0.05) is 24.3 Å². The molecule has 0 heterocycles. The van der Waals surface area contributed by atoms with Crippen molar-refractivity contribution in [2.24, 2.45) is 0 Å². The molecular weight excluding hydrogens is 323 g/mol. The van der Waals surface area contributed by atoms with Crippen LogP contribution in [0.4, 0.5) is 10.1 Å². The summed E-state index contributed by atoms with van der Waals surface area (Å²) < 4.78 is 18.5. The van der Waals surface area contributed by atoms with E-state index in [1.165, 1.54) is 25.1 Å². The van der Waals surface area contributed by atoms with Crippen LogP contribution in [0.25, 0.3) is 0 Å². The number of hydrogen-bond donors (Lipinski definition) is 2. The number of anilines is 1. The summed E-state index contributed by atoms with van der Waals surface area (Å²) >= 11 is 0. The molecule has 0 aliphatic heterocycles. The molecule has 2 aromatic rings. The third-order valence-corrected chi connectivity index (χ3v) is 3.65. The molecule has 2 rings (SSSR count). The van der Waals surface area contributed by atoms with Gasteiger partial charge in [-0.15, -0.1) is 0 Å². The highest BCUT2D eigenvalue weighted by Crippen LogP contribution is 2.19. The van der Waals surface area contributed by atoms with Crippen LogP contribution in [0.1, 0.15) is 18.1 Å². The van der Waals surface area contributed by atoms with Crippen LogP contribution in [0.2, 0.25) is 0 Å². The Labute approximate surface area is 146 Å². The SMILES string of the molecule is Cc1cccc(C)c1NC(=O)CNC(=O)C(C)Oc1cccc(F)c1. The second-order valence-electron chi connectivity index (χ2n) is 5.75. The van der Waals surface area contributed by atoms with Crippen LogP contribution >= 0.6 is 0 Å². The molecular formula is C19H21FN2O3. The van der Waals surface area contributed by atoms with Crippen LogP contribution in [-0.2, 0) is 9.59 Å². The number of aryl methyl sites for hydroxylation is 2. The number of carbonyl (C=O) groups is 2. The van der Waals surface area contributed by atoms with Gasteiger partial charge in [-0.3, -0.25) is 9.59 Å². The highest BCUT2D eigenvalue weighted by molar-refractivity contribution is 5.96. The molecule has 0 bridgehead atoms. The van der Waals surface area contributed by atoms with Crippen molar-refractivity contribution in [3.63, 3.8) is 0 Å². The third kappa shape index (κ3) is 5.31. The van der Waals surface area contributed by atoms with Gasteiger partial charge in [0, 0.05) is 11.8 Å². The van der Waals surface area contributed by atoms with Crippen molar-refractivity contribution in [2.45, 2.75) is 26.9 Å². The van der Waals surface area contributed by atoms with Crippen molar-refractivity contribution in [2.75, 3.05) is 11.9 Å². The van der Waals surface area contributed by atoms with Crippen LogP contribution in [0.15, 0.2) is 42.5 Å². The standard InChI is InChI=1S/C19H21FN2O3/c1-12-6-4-7-13(2)18(12)22-17(23)11-21-19(24)14(3)25-16-9-5-8-15(20)10-16/h4-10,14H,11H2,1-3H3,(H,21,24)(H,22,23). The molecule has 6 heteroatoms. The van der Waals surface area contributed by atoms with Crippen LogP contribution in [0, 0.1) is 19.7 Å². The Bertz CT molecular complexity index is 757. The van der Waals surface area contributed by atoms with E-state index in [0.29, 0.717) is 0 Å². The molecule has 0 radical (unpaired) electrons. The zero-order valence-electron chi connectivity index (χ0n) is 14.4. The topological polar surface area (TPSA) is 67.4 Å². The minimum absolute atomic E-state index is 0.177. The Kier molecular flexibility index (Phi) is 6.11. The lowest BCUT2D eigenvalue weighted by Gasteiger charge is -2.15. The Balaban J connectivity index is 1.85. The van der Waals surface area contributed by atoms with E-state index >= 15 is 0 Å². The number of para-hydroxylation sites is 1. The number of amides is 2. The molecule has 0 aliphatic carbocycles. The molecule has 2 amide bonds. The van der Waals surface area contributed by atoms with Crippen molar-refractivity contribution in [1.29, 1.82) is 0 Å². The molecule has 5 nitrogen and oxygen atoms in total. The summed E-state index contributed by atoms with van der Waals surface area (Å²) in [6.45, 7) is 5.15. The highest BCUT2D eigenvalue weighted by Gasteiger charge is 2.16. The molecule has 132 valence electrons. The number of nitrogens with one attached hydrogen (secondary N) is 2. The number of halogens is 1. The van der Waals surface area contributed by atoms with Crippen LogP contribution in [0.5, 0.6) is 5.75 Å². The lowest BCUT2D eigenvalue weighted by Crippen LogP contribution is -2.40. The predicted molar refractivity (Wildman–Crippen MR) is 94.0 cm³/mol. The number of benzene rings is 2. The lowest BCUT2D eigenvalue weighted by molar-refractivity contribution is -0.129. The molecule has 0 aromatic heterocycles. The molecule has 0 aliphatic rings. The van der Waals surface area contributed by atoms with Crippen molar-refractivity contribution in [3.05, 3.63) is 59.4 Å². The fraction of sp³-hybridized carbons (Fsp3) is 0.263. The summed E-state index contributed by atoms with van der Waals surface area (Å²) in [5, 5.41) is 5.29. The van der Waals surface area contributed by atoms with Crippen molar-refractivity contribution in [3.8, 4) is 5.75 Å². The second-order valence-corrected chi connectivity index (χ2v) is 5.75. The normalized spacial score (nSPS) is 11.5. The summed E-state index contributed by atoms with van der Waals surface area (Å²) in [6, 6.07) is 11.2. The maximum absolute atomic E-state index is 13.1. The number of rotatable bonds is 6. The minimum atomic E-state index is -0.852. The van der Waals surface area contributed by atoms with Crippen molar-refractivity contribution < 1.29 is 18.7 Å². The summed E-state index contributed by atoms with van der Waals surface area (Å²) in [6.07, 6.45) is -0.852. The highest BCUT2D eigenvalue weighted by atomic mass is 19.1. The van der Waals surface area contributed by atoms with Gasteiger partial charge in [0.1, 0.15) is 11.6 Å². The molecule has 0 saturated carbocycles. The lowest BCUT2D eigenvalue weighted by atomic mass is 10.1. The van der Waals surface area contributed by atoms with Gasteiger partial charge < -0.3 is 15.4 Å². The first-order valence-electron chi connectivity index (χ1n) is 7.93. The van der Waals surface area contributed by atoms with Gasteiger partial charge in [-0.25, -0.2) is 4.39 Å². The van der Waals surface area contributed by atoms with Gasteiger partial charge in [0.2, 0.25) is 5.91 Å². The van der Waals surface area contributed by atoms with Gasteiger partial charge in [0.25, 0.3) is 5.91 Å². The van der Waals surface area contributed by atoms with Gasteiger partial charge in [-0.2, -0.15) is 0 Å². The quantitative estimate of drug-likeness (QED) is 0.847. The number of hydrogen-bond acceptors (Lipinski definition) is 3. The molecule has 1 unspecified atom stereocenters. The summed E-state index contributed by atoms with van der Waals surface area (Å²) in [7, 11) is 0. The van der Waals surface area contributed by atoms with Crippen molar-refractivity contribution in [1.82, 2.24) is 5.32 Å². The fourth-order valence-corrected chi connectivity index (χ4v) is 2.30. The van der Waals surface area contributed by atoms with Crippen LogP contribution in [0.3, 0.4) is 0 Å². The van der Waals surface area contributed by atoms with Gasteiger partial charge in [0.15, 0.2) is 6.10 Å². The van der Waals surface area contributed by atoms with E-state index in [2.05, 4.69) is 10.6 Å². The Morgan fingerprint density at radius 2 is 1.76 bits per heavy atom. The van der Waals surface area contributed by atoms with Gasteiger partial charge in [0.05, 0.1) is 6.54 Å². The summed E-state index contributed by atoms with van der Waals surface area (Å²) in [5.41, 5.74) is 2.63. The average Bonchev–Trinajstić information content (AvgIpc) is 2.56. The van der Waals surface area contributed by atoms with E-state index in [0.717, 1.165) is 16.8 Å². The molecule has 0 spiro atoms. The molecule has 0 saturated heterocycles. The Hall–Kier alpha value is -2.89. The zero-order chi connectivity index (χ0) is 18.4. The molecule has 2 aromatic carbocycles. The first-order valence-corrected chi connectivity index (χ1v) is 7.93. The summed E-state index contributed by atoms with van der Waals surface area (Å²) in [4.78, 5) is 24.0. The number of ether oxygens (including phenoxy) is 1. The largest absolute Gasteiger partial charge is 0.481 e. The van der Waals surface area contributed by atoms with Crippen molar-refractivity contribution >= 4 is 17.5 Å². The van der Waals surface area contributed by atoms with Gasteiger partial charge in [-0.05, 0) is 44.0 Å². The minimum Gasteiger partial charge on any atom is -0.481 e. The maximum atomic E-state index is 13.1. The monoisotopic (exact) mass is 344 g/mol. The molecule has 1 atom stereocenters. The van der Waals surface area contributed by atoms with Crippen LogP contribution in [-0.4, -0.2) is 24.5 Å². The molecule has 2 N–H and O–H groups in total. The first kappa shape index (κ1) is 18.4. The number of carbonyl (C=O) groups excluding carboxylic acids is 2. The van der Waals surface area contributed by atoms with E-state index in [1.54, 1.807) is 6.07 Å². The molecule has 25 heavy (non-hydrogen) atoms. The van der Waals surface area contributed by atoms with E-state index in [4.69, 9.17) is 4.74 Å². The van der Waals surface area contributed by atoms with E-state index in [-0.39, 0.29) is 18.2 Å². The van der Waals surface area contributed by atoms with E-state index in [9.17, 15) is 14.0 Å². The fourth-order valence-electron chi connectivity index (χ4n) is 2.30. The maximum Gasteiger partial charge on any atom is 0.261 e.